The van der Waals surface area contributed by atoms with Crippen molar-refractivity contribution in [3.63, 3.8) is 0 Å². The van der Waals surface area contributed by atoms with Gasteiger partial charge in [0, 0.05) is 24.3 Å². The second kappa shape index (κ2) is 9.12. The van der Waals surface area contributed by atoms with Crippen LogP contribution in [0, 0.1) is 0 Å². The Balaban J connectivity index is 2.31. The first-order valence-electron chi connectivity index (χ1n) is 9.18. The van der Waals surface area contributed by atoms with Gasteiger partial charge in [-0.3, -0.25) is 9.48 Å². The summed E-state index contributed by atoms with van der Waals surface area (Å²) in [5.74, 6) is -1.47. The summed E-state index contributed by atoms with van der Waals surface area (Å²) in [6.07, 6.45) is -11.7. The molecule has 0 atom stereocenters. The van der Waals surface area contributed by atoms with Gasteiger partial charge in [0.2, 0.25) is 0 Å². The van der Waals surface area contributed by atoms with Crippen LogP contribution in [0.3, 0.4) is 0 Å². The molecular formula is C19H19ClF6N4O3. The molecule has 1 aromatic carbocycles. The van der Waals surface area contributed by atoms with Crippen LogP contribution in [0.15, 0.2) is 18.2 Å². The summed E-state index contributed by atoms with van der Waals surface area (Å²) in [6.45, 7) is 4.78. The molecule has 0 bridgehead atoms. The van der Waals surface area contributed by atoms with Crippen molar-refractivity contribution in [1.82, 2.24) is 15.1 Å². The van der Waals surface area contributed by atoms with Gasteiger partial charge in [-0.1, -0.05) is 11.6 Å². The summed E-state index contributed by atoms with van der Waals surface area (Å²) in [5.41, 5.74) is -6.32. The number of benzene rings is 1. The Morgan fingerprint density at radius 2 is 1.70 bits per heavy atom. The second-order valence-corrected chi connectivity index (χ2v) is 8.21. The van der Waals surface area contributed by atoms with Crippen LogP contribution in [0.25, 0.3) is 0 Å². The van der Waals surface area contributed by atoms with Crippen molar-refractivity contribution in [2.45, 2.75) is 45.3 Å². The van der Waals surface area contributed by atoms with E-state index in [4.69, 9.17) is 16.3 Å². The number of carbonyl (C=O) groups excluding carboxylic acids is 2. The predicted molar refractivity (Wildman–Crippen MR) is 106 cm³/mol. The zero-order valence-electron chi connectivity index (χ0n) is 17.7. The van der Waals surface area contributed by atoms with Crippen LogP contribution in [0.4, 0.5) is 36.8 Å². The Labute approximate surface area is 189 Å². The van der Waals surface area contributed by atoms with Gasteiger partial charge in [0.25, 0.3) is 5.91 Å². The first kappa shape index (κ1) is 26.3. The highest BCUT2D eigenvalue weighted by Crippen LogP contribution is 2.41. The van der Waals surface area contributed by atoms with Crippen LogP contribution in [-0.2, 0) is 30.7 Å². The zero-order valence-corrected chi connectivity index (χ0v) is 18.5. The molecule has 1 heterocycles. The van der Waals surface area contributed by atoms with Crippen LogP contribution >= 0.6 is 11.6 Å². The van der Waals surface area contributed by atoms with Gasteiger partial charge in [-0.25, -0.2) is 4.79 Å². The summed E-state index contributed by atoms with van der Waals surface area (Å²) >= 11 is 6.04. The second-order valence-electron chi connectivity index (χ2n) is 7.81. The molecule has 0 saturated heterocycles. The third kappa shape index (κ3) is 6.76. The molecular weight excluding hydrogens is 482 g/mol. The molecule has 182 valence electrons. The molecule has 2 amide bonds. The summed E-state index contributed by atoms with van der Waals surface area (Å²) in [7, 11) is 0.789. The Morgan fingerprint density at radius 1 is 1.09 bits per heavy atom. The molecule has 2 rings (SSSR count). The number of nitrogens with zero attached hydrogens (tertiary/aromatic N) is 2. The fourth-order valence-corrected chi connectivity index (χ4v) is 2.90. The number of anilines is 1. The van der Waals surface area contributed by atoms with E-state index in [2.05, 4.69) is 15.7 Å². The van der Waals surface area contributed by atoms with Crippen LogP contribution < -0.4 is 10.6 Å². The molecule has 1 aromatic heterocycles. The average molecular weight is 501 g/mol. The Bertz CT molecular complexity index is 1060. The predicted octanol–water partition coefficient (Wildman–Crippen LogP) is 5.39. The lowest BCUT2D eigenvalue weighted by Crippen LogP contribution is -2.32. The van der Waals surface area contributed by atoms with E-state index in [-0.39, 0.29) is 27.5 Å². The van der Waals surface area contributed by atoms with Gasteiger partial charge < -0.3 is 15.4 Å². The molecule has 0 saturated carbocycles. The monoisotopic (exact) mass is 500 g/mol. The van der Waals surface area contributed by atoms with Crippen molar-refractivity contribution in [3.05, 3.63) is 45.7 Å². The van der Waals surface area contributed by atoms with Crippen molar-refractivity contribution in [1.29, 1.82) is 0 Å². The number of alkyl carbamates (subject to hydrolysis) is 1. The lowest BCUT2D eigenvalue weighted by molar-refractivity contribution is -0.164. The number of nitrogens with one attached hydrogen (secondary N) is 2. The third-order valence-corrected chi connectivity index (χ3v) is 4.31. The fraction of sp³-hybridized carbons (Fsp3) is 0.421. The van der Waals surface area contributed by atoms with E-state index >= 15 is 0 Å². The first-order valence-corrected chi connectivity index (χ1v) is 9.56. The molecule has 0 aliphatic rings. The number of hydrogen-bond donors (Lipinski definition) is 2. The highest BCUT2D eigenvalue weighted by atomic mass is 35.5. The largest absolute Gasteiger partial charge is 0.444 e. The van der Waals surface area contributed by atoms with Gasteiger partial charge >= 0.3 is 18.4 Å². The van der Waals surface area contributed by atoms with E-state index in [1.54, 1.807) is 20.8 Å². The molecule has 0 spiro atoms. The molecule has 0 fully saturated rings. The number of amides is 2. The molecule has 14 heteroatoms. The average Bonchev–Trinajstić information content (AvgIpc) is 2.99. The maximum Gasteiger partial charge on any atom is 0.435 e. The van der Waals surface area contributed by atoms with Gasteiger partial charge in [-0.05, 0) is 44.5 Å². The van der Waals surface area contributed by atoms with Crippen molar-refractivity contribution < 1.29 is 40.7 Å². The quantitative estimate of drug-likeness (QED) is 0.551. The number of aryl methyl sites for hydroxylation is 1. The van der Waals surface area contributed by atoms with E-state index in [0.717, 1.165) is 7.05 Å². The standard InChI is InChI=1S/C19H19ClF6N4O3/c1-17(2,3)33-16(32)27-8-9-7-10(5-6-11(9)20)28-15(31)13-12(18(21,22)23)14(19(24,25)26)29-30(13)4/h5-7H,8H2,1-4H3,(H,27,32)(H,28,31). The molecule has 0 aliphatic carbocycles. The van der Waals surface area contributed by atoms with E-state index in [9.17, 15) is 35.9 Å². The molecule has 33 heavy (non-hydrogen) atoms. The Kier molecular flexibility index (Phi) is 7.27. The number of halogens is 7. The maximum absolute atomic E-state index is 13.4. The van der Waals surface area contributed by atoms with Crippen LogP contribution in [-0.4, -0.2) is 27.4 Å². The van der Waals surface area contributed by atoms with Gasteiger partial charge in [-0.15, -0.1) is 0 Å². The number of ether oxygens (including phenoxy) is 1. The van der Waals surface area contributed by atoms with Crippen LogP contribution in [0.2, 0.25) is 5.02 Å². The van der Waals surface area contributed by atoms with E-state index < -0.39 is 46.9 Å². The van der Waals surface area contributed by atoms with Crippen molar-refractivity contribution in [2.75, 3.05) is 5.32 Å². The first-order chi connectivity index (χ1) is 14.9. The molecule has 7 nitrogen and oxygen atoms in total. The smallest absolute Gasteiger partial charge is 0.435 e. The Morgan fingerprint density at radius 3 is 2.21 bits per heavy atom. The van der Waals surface area contributed by atoms with Gasteiger partial charge in [-0.2, -0.15) is 31.4 Å². The number of hydrogen-bond acceptors (Lipinski definition) is 4. The topological polar surface area (TPSA) is 85.3 Å². The highest BCUT2D eigenvalue weighted by molar-refractivity contribution is 6.31. The molecule has 0 unspecified atom stereocenters. The van der Waals surface area contributed by atoms with Crippen LogP contribution in [0.1, 0.15) is 48.1 Å². The lowest BCUT2D eigenvalue weighted by Gasteiger charge is -2.20. The number of rotatable bonds is 4. The van der Waals surface area contributed by atoms with E-state index in [0.29, 0.717) is 0 Å². The number of alkyl halides is 6. The Hall–Kier alpha value is -2.96. The highest BCUT2D eigenvalue weighted by Gasteiger charge is 2.50. The maximum atomic E-state index is 13.4. The summed E-state index contributed by atoms with van der Waals surface area (Å²) in [6, 6.07) is 3.76. The summed E-state index contributed by atoms with van der Waals surface area (Å²) in [4.78, 5) is 24.3. The molecule has 0 radical (unpaired) electrons. The zero-order chi connectivity index (χ0) is 25.4. The SMILES string of the molecule is Cn1nc(C(F)(F)F)c(C(F)(F)F)c1C(=O)Nc1ccc(Cl)c(CNC(=O)OC(C)(C)C)c1. The van der Waals surface area contributed by atoms with Crippen molar-refractivity contribution in [2.24, 2.45) is 7.05 Å². The molecule has 2 aromatic rings. The van der Waals surface area contributed by atoms with Crippen LogP contribution in [0.5, 0.6) is 0 Å². The van der Waals surface area contributed by atoms with Crippen molar-refractivity contribution in [3.8, 4) is 0 Å². The molecule has 0 aliphatic heterocycles. The van der Waals surface area contributed by atoms with Gasteiger partial charge in [0.15, 0.2) is 5.69 Å². The number of aromatic nitrogens is 2. The lowest BCUT2D eigenvalue weighted by atomic mass is 10.1. The van der Waals surface area contributed by atoms with Gasteiger partial charge in [0.1, 0.15) is 16.9 Å². The normalized spacial score (nSPS) is 12.5. The minimum Gasteiger partial charge on any atom is -0.444 e. The van der Waals surface area contributed by atoms with E-state index in [1.165, 1.54) is 18.2 Å². The third-order valence-electron chi connectivity index (χ3n) is 3.94. The number of carbonyl (C=O) groups is 2. The minimum absolute atomic E-state index is 0.0757. The van der Waals surface area contributed by atoms with Crippen molar-refractivity contribution >= 4 is 29.3 Å². The van der Waals surface area contributed by atoms with E-state index in [1.807, 2.05) is 0 Å². The van der Waals surface area contributed by atoms with Gasteiger partial charge in [0.05, 0.1) is 0 Å². The molecule has 2 N–H and O–H groups in total. The summed E-state index contributed by atoms with van der Waals surface area (Å²) < 4.78 is 84.5. The summed E-state index contributed by atoms with van der Waals surface area (Å²) in [5, 5.41) is 7.52. The fourth-order valence-electron chi connectivity index (χ4n) is 2.71. The minimum atomic E-state index is -5.49.